The average molecular weight is 259 g/mol. The fourth-order valence-electron chi connectivity index (χ4n) is 1.92. The largest absolute Gasteiger partial charge is 0.496 e. The number of aromatic nitrogens is 1. The molecule has 0 spiro atoms. The smallest absolute Gasteiger partial charge is 0.198 e. The van der Waals surface area contributed by atoms with E-state index in [0.717, 1.165) is 17.3 Å². The number of ketones is 1. The number of methoxy groups -OCH3 is 1. The van der Waals surface area contributed by atoms with Crippen molar-refractivity contribution in [2.24, 2.45) is 0 Å². The van der Waals surface area contributed by atoms with Crippen LogP contribution in [0.2, 0.25) is 0 Å². The van der Waals surface area contributed by atoms with Gasteiger partial charge in [0, 0.05) is 11.8 Å². The molecule has 0 unspecified atom stereocenters. The molecule has 1 aromatic heterocycles. The molecule has 0 saturated heterocycles. The Balaban J connectivity index is 2.53. The van der Waals surface area contributed by atoms with Crippen molar-refractivity contribution in [3.63, 3.8) is 0 Å². The lowest BCUT2D eigenvalue weighted by molar-refractivity contribution is 0.103. The summed E-state index contributed by atoms with van der Waals surface area (Å²) in [5.41, 5.74) is 2.56. The standard InChI is InChI=1S/C15H14FNO2/c1-9-4-5-13(15(19-3)10(9)2)14(18)11-6-12(16)8-17-7-11/h4-8H,1-3H3. The first-order valence-electron chi connectivity index (χ1n) is 5.84. The third-order valence-electron chi connectivity index (χ3n) is 3.09. The first-order valence-corrected chi connectivity index (χ1v) is 5.84. The second kappa shape index (κ2) is 5.18. The van der Waals surface area contributed by atoms with Gasteiger partial charge in [-0.1, -0.05) is 6.07 Å². The summed E-state index contributed by atoms with van der Waals surface area (Å²) >= 11 is 0. The Morgan fingerprint density at radius 1 is 1.26 bits per heavy atom. The summed E-state index contributed by atoms with van der Waals surface area (Å²) in [5.74, 6) is -0.310. The van der Waals surface area contributed by atoms with Crippen molar-refractivity contribution >= 4 is 5.78 Å². The zero-order valence-corrected chi connectivity index (χ0v) is 11.0. The van der Waals surface area contributed by atoms with Crippen LogP contribution in [0.3, 0.4) is 0 Å². The SMILES string of the molecule is COc1c(C(=O)c2cncc(F)c2)ccc(C)c1C. The van der Waals surface area contributed by atoms with Gasteiger partial charge >= 0.3 is 0 Å². The van der Waals surface area contributed by atoms with Crippen LogP contribution in [0.5, 0.6) is 5.75 Å². The van der Waals surface area contributed by atoms with E-state index in [4.69, 9.17) is 4.74 Å². The summed E-state index contributed by atoms with van der Waals surface area (Å²) in [4.78, 5) is 16.0. The first kappa shape index (κ1) is 13.2. The number of carbonyl (C=O) groups excluding carboxylic acids is 1. The van der Waals surface area contributed by atoms with E-state index in [0.29, 0.717) is 11.3 Å². The number of hydrogen-bond donors (Lipinski definition) is 0. The highest BCUT2D eigenvalue weighted by Crippen LogP contribution is 2.28. The van der Waals surface area contributed by atoms with Crippen LogP contribution < -0.4 is 4.74 Å². The Kier molecular flexibility index (Phi) is 3.60. The van der Waals surface area contributed by atoms with Crippen LogP contribution in [0.25, 0.3) is 0 Å². The van der Waals surface area contributed by atoms with Crippen molar-refractivity contribution in [3.8, 4) is 5.75 Å². The minimum Gasteiger partial charge on any atom is -0.496 e. The molecule has 2 rings (SSSR count). The summed E-state index contributed by atoms with van der Waals surface area (Å²) < 4.78 is 18.4. The molecule has 0 aliphatic carbocycles. The molecule has 19 heavy (non-hydrogen) atoms. The molecule has 0 saturated carbocycles. The van der Waals surface area contributed by atoms with Gasteiger partial charge in [-0.2, -0.15) is 0 Å². The van der Waals surface area contributed by atoms with Crippen molar-refractivity contribution in [3.05, 3.63) is 58.7 Å². The maximum Gasteiger partial charge on any atom is 0.198 e. The van der Waals surface area contributed by atoms with Gasteiger partial charge in [-0.3, -0.25) is 9.78 Å². The molecular weight excluding hydrogens is 245 g/mol. The van der Waals surface area contributed by atoms with Crippen molar-refractivity contribution in [2.45, 2.75) is 13.8 Å². The van der Waals surface area contributed by atoms with Crippen molar-refractivity contribution in [1.29, 1.82) is 0 Å². The maximum atomic E-state index is 13.1. The van der Waals surface area contributed by atoms with Crippen LogP contribution in [-0.4, -0.2) is 17.9 Å². The number of hydrogen-bond acceptors (Lipinski definition) is 3. The quantitative estimate of drug-likeness (QED) is 0.795. The highest BCUT2D eigenvalue weighted by Gasteiger charge is 2.17. The Morgan fingerprint density at radius 2 is 2.00 bits per heavy atom. The van der Waals surface area contributed by atoms with Gasteiger partial charge in [0.05, 0.1) is 18.9 Å². The van der Waals surface area contributed by atoms with E-state index in [2.05, 4.69) is 4.98 Å². The summed E-state index contributed by atoms with van der Waals surface area (Å²) in [6, 6.07) is 4.70. The van der Waals surface area contributed by atoms with Crippen molar-refractivity contribution < 1.29 is 13.9 Å². The second-order valence-electron chi connectivity index (χ2n) is 4.31. The monoisotopic (exact) mass is 259 g/mol. The van der Waals surface area contributed by atoms with Gasteiger partial charge < -0.3 is 4.74 Å². The normalized spacial score (nSPS) is 10.3. The van der Waals surface area contributed by atoms with Crippen LogP contribution in [0.1, 0.15) is 27.0 Å². The number of pyridine rings is 1. The van der Waals surface area contributed by atoms with Crippen LogP contribution in [0, 0.1) is 19.7 Å². The molecule has 0 aliphatic rings. The van der Waals surface area contributed by atoms with E-state index in [1.54, 1.807) is 6.07 Å². The van der Waals surface area contributed by atoms with Gasteiger partial charge in [-0.25, -0.2) is 4.39 Å². The van der Waals surface area contributed by atoms with Gasteiger partial charge in [-0.05, 0) is 37.1 Å². The minimum absolute atomic E-state index is 0.210. The Bertz CT molecular complexity index is 638. The van der Waals surface area contributed by atoms with Gasteiger partial charge in [0.15, 0.2) is 5.78 Å². The minimum atomic E-state index is -0.534. The van der Waals surface area contributed by atoms with Gasteiger partial charge in [0.1, 0.15) is 11.6 Å². The Labute approximate surface area is 111 Å². The first-order chi connectivity index (χ1) is 9.04. The van der Waals surface area contributed by atoms with Crippen LogP contribution >= 0.6 is 0 Å². The number of halogens is 1. The highest BCUT2D eigenvalue weighted by atomic mass is 19.1. The summed E-state index contributed by atoms with van der Waals surface area (Å²) in [6.45, 7) is 3.82. The van der Waals surface area contributed by atoms with E-state index in [1.165, 1.54) is 19.4 Å². The number of ether oxygens (including phenoxy) is 1. The van der Waals surface area contributed by atoms with Crippen molar-refractivity contribution in [1.82, 2.24) is 4.98 Å². The maximum absolute atomic E-state index is 13.1. The van der Waals surface area contributed by atoms with Crippen LogP contribution in [0.4, 0.5) is 4.39 Å². The van der Waals surface area contributed by atoms with E-state index >= 15 is 0 Å². The lowest BCUT2D eigenvalue weighted by Crippen LogP contribution is -2.06. The molecule has 0 aliphatic heterocycles. The molecule has 0 fully saturated rings. The van der Waals surface area contributed by atoms with Crippen molar-refractivity contribution in [2.75, 3.05) is 7.11 Å². The Morgan fingerprint density at radius 3 is 2.63 bits per heavy atom. The molecule has 1 aromatic carbocycles. The molecule has 0 bridgehead atoms. The lowest BCUT2D eigenvalue weighted by atomic mass is 9.98. The lowest BCUT2D eigenvalue weighted by Gasteiger charge is -2.12. The zero-order chi connectivity index (χ0) is 14.0. The molecule has 4 heteroatoms. The molecule has 0 atom stereocenters. The molecule has 1 heterocycles. The third kappa shape index (κ3) is 2.47. The summed E-state index contributed by atoms with van der Waals surface area (Å²) in [5, 5.41) is 0. The number of rotatable bonds is 3. The predicted molar refractivity (Wildman–Crippen MR) is 70.1 cm³/mol. The fraction of sp³-hybridized carbons (Fsp3) is 0.200. The predicted octanol–water partition coefficient (Wildman–Crippen LogP) is 3.08. The van der Waals surface area contributed by atoms with Gasteiger partial charge in [-0.15, -0.1) is 0 Å². The van der Waals surface area contributed by atoms with E-state index in [9.17, 15) is 9.18 Å². The molecule has 0 radical (unpaired) electrons. The number of carbonyl (C=O) groups is 1. The summed E-state index contributed by atoms with van der Waals surface area (Å²) in [6.07, 6.45) is 2.41. The number of nitrogens with zero attached hydrogens (tertiary/aromatic N) is 1. The van der Waals surface area contributed by atoms with Crippen LogP contribution in [-0.2, 0) is 0 Å². The third-order valence-corrected chi connectivity index (χ3v) is 3.09. The average Bonchev–Trinajstić information content (AvgIpc) is 2.41. The molecular formula is C15H14FNO2. The van der Waals surface area contributed by atoms with E-state index < -0.39 is 5.82 Å². The Hall–Kier alpha value is -2.23. The zero-order valence-electron chi connectivity index (χ0n) is 11.0. The number of benzene rings is 1. The van der Waals surface area contributed by atoms with E-state index in [-0.39, 0.29) is 11.3 Å². The highest BCUT2D eigenvalue weighted by molar-refractivity contribution is 6.10. The second-order valence-corrected chi connectivity index (χ2v) is 4.31. The topological polar surface area (TPSA) is 39.2 Å². The fourth-order valence-corrected chi connectivity index (χ4v) is 1.92. The van der Waals surface area contributed by atoms with Gasteiger partial charge in [0.2, 0.25) is 0 Å². The van der Waals surface area contributed by atoms with E-state index in [1.807, 2.05) is 19.9 Å². The van der Waals surface area contributed by atoms with Crippen LogP contribution in [0.15, 0.2) is 30.6 Å². The number of aryl methyl sites for hydroxylation is 1. The van der Waals surface area contributed by atoms with Gasteiger partial charge in [0.25, 0.3) is 0 Å². The molecule has 0 amide bonds. The molecule has 2 aromatic rings. The molecule has 3 nitrogen and oxygen atoms in total. The summed E-state index contributed by atoms with van der Waals surface area (Å²) in [7, 11) is 1.52. The molecule has 0 N–H and O–H groups in total. The molecule has 98 valence electrons.